The van der Waals surface area contributed by atoms with Crippen LogP contribution in [0.15, 0.2) is 12.1 Å². The Balaban J connectivity index is 3.43. The van der Waals surface area contributed by atoms with E-state index in [1.165, 1.54) is 6.92 Å². The number of carbonyl (C=O) groups is 1. The molecule has 0 fully saturated rings. The number of ketones is 1. The first-order valence-electron chi connectivity index (χ1n) is 3.61. The Hall–Kier alpha value is -0.0500. The standard InChI is InChI=1S/C9H7BrCl2O/c1-5(13)9-6(4-10)7(11)2-3-8(9)12/h2-3H,4H2,1H3. The van der Waals surface area contributed by atoms with Gasteiger partial charge in [0.05, 0.1) is 5.02 Å². The zero-order chi connectivity index (χ0) is 10.0. The van der Waals surface area contributed by atoms with Gasteiger partial charge in [-0.15, -0.1) is 0 Å². The van der Waals surface area contributed by atoms with Gasteiger partial charge in [-0.2, -0.15) is 0 Å². The molecule has 1 nitrogen and oxygen atoms in total. The van der Waals surface area contributed by atoms with Crippen LogP contribution >= 0.6 is 39.1 Å². The molecule has 1 aromatic carbocycles. The monoisotopic (exact) mass is 280 g/mol. The van der Waals surface area contributed by atoms with E-state index in [-0.39, 0.29) is 5.78 Å². The Labute approximate surface area is 95.2 Å². The summed E-state index contributed by atoms with van der Waals surface area (Å²) in [5, 5.41) is 1.54. The first kappa shape index (κ1) is 11.0. The molecule has 70 valence electrons. The van der Waals surface area contributed by atoms with Crippen molar-refractivity contribution < 1.29 is 4.79 Å². The second-order valence-corrected chi connectivity index (χ2v) is 3.95. The summed E-state index contributed by atoms with van der Waals surface area (Å²) in [6.07, 6.45) is 0. The van der Waals surface area contributed by atoms with Crippen LogP contribution in [0, 0.1) is 0 Å². The van der Waals surface area contributed by atoms with E-state index in [9.17, 15) is 4.79 Å². The fourth-order valence-corrected chi connectivity index (χ4v) is 2.38. The summed E-state index contributed by atoms with van der Waals surface area (Å²) in [6, 6.07) is 3.32. The molecule has 1 aromatic rings. The maximum absolute atomic E-state index is 11.2. The van der Waals surface area contributed by atoms with Crippen molar-refractivity contribution in [1.29, 1.82) is 0 Å². The Morgan fingerprint density at radius 1 is 1.38 bits per heavy atom. The van der Waals surface area contributed by atoms with Crippen LogP contribution in [0.4, 0.5) is 0 Å². The van der Waals surface area contributed by atoms with Crippen molar-refractivity contribution >= 4 is 44.9 Å². The summed E-state index contributed by atoms with van der Waals surface area (Å²) < 4.78 is 0. The molecule has 0 aromatic heterocycles. The fraction of sp³-hybridized carbons (Fsp3) is 0.222. The zero-order valence-corrected chi connectivity index (χ0v) is 10.0. The number of carbonyl (C=O) groups excluding carboxylic acids is 1. The van der Waals surface area contributed by atoms with Crippen molar-refractivity contribution in [3.05, 3.63) is 33.3 Å². The summed E-state index contributed by atoms with van der Waals surface area (Å²) >= 11 is 15.0. The lowest BCUT2D eigenvalue weighted by Gasteiger charge is -2.07. The SMILES string of the molecule is CC(=O)c1c(Cl)ccc(Cl)c1CBr. The van der Waals surface area contributed by atoms with Gasteiger partial charge in [-0.25, -0.2) is 0 Å². The molecule has 0 saturated carbocycles. The van der Waals surface area contributed by atoms with Crippen molar-refractivity contribution in [1.82, 2.24) is 0 Å². The molecule has 13 heavy (non-hydrogen) atoms. The van der Waals surface area contributed by atoms with E-state index in [2.05, 4.69) is 15.9 Å². The van der Waals surface area contributed by atoms with Gasteiger partial charge >= 0.3 is 0 Å². The van der Waals surface area contributed by atoms with Gasteiger partial charge in [-0.05, 0) is 24.6 Å². The van der Waals surface area contributed by atoms with Crippen molar-refractivity contribution in [2.24, 2.45) is 0 Å². The number of benzene rings is 1. The van der Waals surface area contributed by atoms with Crippen molar-refractivity contribution in [2.75, 3.05) is 0 Å². The third-order valence-corrected chi connectivity index (χ3v) is 2.92. The molecule has 0 aliphatic heterocycles. The highest BCUT2D eigenvalue weighted by atomic mass is 79.9. The van der Waals surface area contributed by atoms with E-state index in [0.717, 1.165) is 5.56 Å². The quantitative estimate of drug-likeness (QED) is 0.589. The molecule has 0 aliphatic rings. The number of hydrogen-bond acceptors (Lipinski definition) is 1. The molecule has 0 unspecified atom stereocenters. The van der Waals surface area contributed by atoms with Gasteiger partial charge in [0.25, 0.3) is 0 Å². The molecular weight excluding hydrogens is 275 g/mol. The van der Waals surface area contributed by atoms with Gasteiger partial charge < -0.3 is 0 Å². The van der Waals surface area contributed by atoms with Crippen molar-refractivity contribution in [3.8, 4) is 0 Å². The van der Waals surface area contributed by atoms with Crippen LogP contribution in [0.2, 0.25) is 10.0 Å². The van der Waals surface area contributed by atoms with E-state index in [0.29, 0.717) is 20.9 Å². The molecule has 0 amide bonds. The van der Waals surface area contributed by atoms with Gasteiger partial charge in [0.15, 0.2) is 5.78 Å². The van der Waals surface area contributed by atoms with Crippen LogP contribution in [0.5, 0.6) is 0 Å². The molecular formula is C9H7BrCl2O. The summed E-state index contributed by atoms with van der Waals surface area (Å²) in [6.45, 7) is 1.48. The normalized spacial score (nSPS) is 10.2. The predicted molar refractivity (Wildman–Crippen MR) is 59.1 cm³/mol. The highest BCUT2D eigenvalue weighted by Gasteiger charge is 2.13. The molecule has 1 rings (SSSR count). The molecule has 0 aliphatic carbocycles. The highest BCUT2D eigenvalue weighted by molar-refractivity contribution is 9.08. The van der Waals surface area contributed by atoms with E-state index in [1.54, 1.807) is 12.1 Å². The number of halogens is 3. The maximum atomic E-state index is 11.2. The number of hydrogen-bond donors (Lipinski definition) is 0. The smallest absolute Gasteiger partial charge is 0.161 e. The first-order chi connectivity index (χ1) is 6.07. The maximum Gasteiger partial charge on any atom is 0.161 e. The van der Waals surface area contributed by atoms with Gasteiger partial charge in [0.1, 0.15) is 0 Å². The van der Waals surface area contributed by atoms with E-state index >= 15 is 0 Å². The summed E-state index contributed by atoms with van der Waals surface area (Å²) in [5.74, 6) is -0.0676. The Morgan fingerprint density at radius 3 is 2.31 bits per heavy atom. The number of alkyl halides is 1. The second kappa shape index (κ2) is 4.45. The highest BCUT2D eigenvalue weighted by Crippen LogP contribution is 2.29. The molecule has 0 N–H and O–H groups in total. The number of rotatable bonds is 2. The van der Waals surface area contributed by atoms with E-state index in [1.807, 2.05) is 0 Å². The minimum Gasteiger partial charge on any atom is -0.294 e. The lowest BCUT2D eigenvalue weighted by atomic mass is 10.1. The number of Topliss-reactive ketones (excluding diaryl/α,β-unsaturated/α-hetero) is 1. The minimum atomic E-state index is -0.0676. The molecule has 0 spiro atoms. The van der Waals surface area contributed by atoms with E-state index < -0.39 is 0 Å². The fourth-order valence-electron chi connectivity index (χ4n) is 1.11. The van der Waals surface area contributed by atoms with Crippen LogP contribution in [-0.4, -0.2) is 5.78 Å². The van der Waals surface area contributed by atoms with Crippen LogP contribution in [0.1, 0.15) is 22.8 Å². The van der Waals surface area contributed by atoms with Crippen molar-refractivity contribution in [2.45, 2.75) is 12.3 Å². The van der Waals surface area contributed by atoms with E-state index in [4.69, 9.17) is 23.2 Å². The molecule has 0 atom stereocenters. The van der Waals surface area contributed by atoms with Gasteiger partial charge in [-0.3, -0.25) is 4.79 Å². The lowest BCUT2D eigenvalue weighted by Crippen LogP contribution is -1.99. The van der Waals surface area contributed by atoms with Crippen molar-refractivity contribution in [3.63, 3.8) is 0 Å². The van der Waals surface area contributed by atoms with Gasteiger partial charge in [0, 0.05) is 15.9 Å². The minimum absolute atomic E-state index is 0.0676. The largest absolute Gasteiger partial charge is 0.294 e. The third kappa shape index (κ3) is 2.25. The average Bonchev–Trinajstić information content (AvgIpc) is 2.07. The topological polar surface area (TPSA) is 17.1 Å². The summed E-state index contributed by atoms with van der Waals surface area (Å²) in [4.78, 5) is 11.2. The molecule has 0 bridgehead atoms. The van der Waals surface area contributed by atoms with Gasteiger partial charge in [0.2, 0.25) is 0 Å². The van der Waals surface area contributed by atoms with Crippen LogP contribution in [0.25, 0.3) is 0 Å². The summed E-state index contributed by atoms with van der Waals surface area (Å²) in [5.41, 5.74) is 1.26. The summed E-state index contributed by atoms with van der Waals surface area (Å²) in [7, 11) is 0. The third-order valence-electron chi connectivity index (χ3n) is 1.69. The second-order valence-electron chi connectivity index (χ2n) is 2.57. The lowest BCUT2D eigenvalue weighted by molar-refractivity contribution is 0.101. The predicted octanol–water partition coefficient (Wildman–Crippen LogP) is 4.09. The Bertz CT molecular complexity index is 350. The molecule has 0 heterocycles. The molecule has 0 saturated heterocycles. The molecule has 0 radical (unpaired) electrons. The van der Waals surface area contributed by atoms with Crippen LogP contribution in [0.3, 0.4) is 0 Å². The molecule has 4 heteroatoms. The average molecular weight is 282 g/mol. The van der Waals surface area contributed by atoms with Crippen LogP contribution < -0.4 is 0 Å². The Kier molecular flexibility index (Phi) is 3.77. The zero-order valence-electron chi connectivity index (χ0n) is 6.90. The van der Waals surface area contributed by atoms with Crippen LogP contribution in [-0.2, 0) is 5.33 Å². The Morgan fingerprint density at radius 2 is 1.92 bits per heavy atom. The van der Waals surface area contributed by atoms with Gasteiger partial charge in [-0.1, -0.05) is 39.1 Å². The first-order valence-corrected chi connectivity index (χ1v) is 5.49.